The molecule has 6 heteroatoms. The summed E-state index contributed by atoms with van der Waals surface area (Å²) in [6.45, 7) is 0. The molecule has 2 heterocycles. The third-order valence-electron chi connectivity index (χ3n) is 5.25. The van der Waals surface area contributed by atoms with Crippen molar-refractivity contribution in [2.75, 3.05) is 0 Å². The minimum absolute atomic E-state index is 0.250. The summed E-state index contributed by atoms with van der Waals surface area (Å²) in [5, 5.41) is 4.21. The maximum absolute atomic E-state index is 11.3. The Labute approximate surface area is 195 Å². The summed E-state index contributed by atoms with van der Waals surface area (Å²) in [6, 6.07) is 33.7. The molecule has 4 N–H and O–H groups in total. The van der Waals surface area contributed by atoms with Gasteiger partial charge in [-0.3, -0.25) is 9.59 Å². The van der Waals surface area contributed by atoms with E-state index in [9.17, 15) is 4.79 Å². The lowest BCUT2D eigenvalue weighted by Crippen LogP contribution is -2.11. The van der Waals surface area contributed by atoms with E-state index in [1.807, 2.05) is 72.8 Å². The van der Waals surface area contributed by atoms with E-state index in [4.69, 9.17) is 10.5 Å². The van der Waals surface area contributed by atoms with Crippen LogP contribution in [0.5, 0.6) is 0 Å². The number of hydrogen-bond acceptors (Lipinski definition) is 4. The van der Waals surface area contributed by atoms with Crippen LogP contribution in [-0.2, 0) is 4.79 Å². The molecule has 6 aromatic rings. The largest absolute Gasteiger partial charge is 0.372 e. The zero-order chi connectivity index (χ0) is 23.9. The third kappa shape index (κ3) is 4.81. The van der Waals surface area contributed by atoms with Gasteiger partial charge in [-0.2, -0.15) is 0 Å². The van der Waals surface area contributed by atoms with Gasteiger partial charge in [0, 0.05) is 27.1 Å². The lowest BCUT2D eigenvalue weighted by atomic mass is 10.1. The molecule has 0 spiro atoms. The van der Waals surface area contributed by atoms with Crippen LogP contribution in [0.2, 0.25) is 0 Å². The topological polar surface area (TPSA) is 112 Å². The van der Waals surface area contributed by atoms with Crippen molar-refractivity contribution in [1.29, 1.82) is 0 Å². The molecule has 0 radical (unpaired) electrons. The highest BCUT2D eigenvalue weighted by Crippen LogP contribution is 2.22. The van der Waals surface area contributed by atoms with Gasteiger partial charge in [-0.15, -0.1) is 0 Å². The van der Waals surface area contributed by atoms with Crippen LogP contribution in [-0.4, -0.2) is 22.3 Å². The average Bonchev–Trinajstić information content (AvgIpc) is 2.86. The van der Waals surface area contributed by atoms with Crippen molar-refractivity contribution in [3.63, 3.8) is 0 Å². The number of primary amides is 2. The molecule has 2 amide bonds. The summed E-state index contributed by atoms with van der Waals surface area (Å²) < 4.78 is 0. The van der Waals surface area contributed by atoms with Gasteiger partial charge in [0.2, 0.25) is 12.3 Å². The van der Waals surface area contributed by atoms with Gasteiger partial charge in [0.15, 0.2) is 0 Å². The highest BCUT2D eigenvalue weighted by molar-refractivity contribution is 6.08. The number of nitrogens with zero attached hydrogens (tertiary/aromatic N) is 2. The van der Waals surface area contributed by atoms with E-state index < -0.39 is 5.91 Å². The van der Waals surface area contributed by atoms with Crippen molar-refractivity contribution in [3.05, 3.63) is 109 Å². The predicted octanol–water partition coefficient (Wildman–Crippen LogP) is 4.98. The SMILES string of the molecule is NC(=O)c1cccc2nc3ccccc3cc12.NC=O.c1ccc2nc3ccccc3cc2c1. The van der Waals surface area contributed by atoms with E-state index in [1.165, 1.54) is 10.8 Å². The number of aromatic nitrogens is 2. The van der Waals surface area contributed by atoms with Crippen molar-refractivity contribution in [2.45, 2.75) is 0 Å². The monoisotopic (exact) mass is 446 g/mol. The number of carbonyl (C=O) groups excluding carboxylic acids is 2. The summed E-state index contributed by atoms with van der Waals surface area (Å²) >= 11 is 0. The second-order valence-electron chi connectivity index (χ2n) is 7.43. The van der Waals surface area contributed by atoms with Crippen LogP contribution in [0.3, 0.4) is 0 Å². The smallest absolute Gasteiger partial charge is 0.249 e. The maximum atomic E-state index is 11.3. The molecular weight excluding hydrogens is 424 g/mol. The van der Waals surface area contributed by atoms with Crippen molar-refractivity contribution < 1.29 is 9.59 Å². The molecule has 166 valence electrons. The average molecular weight is 447 g/mol. The Morgan fingerprint density at radius 3 is 1.53 bits per heavy atom. The number of benzene rings is 4. The van der Waals surface area contributed by atoms with Crippen LogP contribution in [0.25, 0.3) is 43.6 Å². The molecule has 34 heavy (non-hydrogen) atoms. The number of carbonyl (C=O) groups is 2. The normalized spacial score (nSPS) is 10.2. The number of nitrogens with two attached hydrogens (primary N) is 2. The Morgan fingerprint density at radius 2 is 1.03 bits per heavy atom. The number of para-hydroxylation sites is 3. The Balaban J connectivity index is 0.000000147. The van der Waals surface area contributed by atoms with Crippen molar-refractivity contribution >= 4 is 55.9 Å². The summed E-state index contributed by atoms with van der Waals surface area (Å²) in [5.74, 6) is -0.423. The van der Waals surface area contributed by atoms with Gasteiger partial charge >= 0.3 is 0 Å². The number of hydrogen-bond donors (Lipinski definition) is 2. The van der Waals surface area contributed by atoms with Gasteiger partial charge in [-0.1, -0.05) is 60.7 Å². The van der Waals surface area contributed by atoms with Gasteiger partial charge in [-0.05, 0) is 42.5 Å². The van der Waals surface area contributed by atoms with Gasteiger partial charge in [-0.25, -0.2) is 9.97 Å². The van der Waals surface area contributed by atoms with Crippen molar-refractivity contribution in [2.24, 2.45) is 11.5 Å². The predicted molar refractivity (Wildman–Crippen MR) is 137 cm³/mol. The van der Waals surface area contributed by atoms with Crippen LogP contribution in [0.4, 0.5) is 0 Å². The van der Waals surface area contributed by atoms with E-state index in [-0.39, 0.29) is 6.41 Å². The van der Waals surface area contributed by atoms with E-state index in [0.717, 1.165) is 32.8 Å². The van der Waals surface area contributed by atoms with Crippen LogP contribution in [0, 0.1) is 0 Å². The van der Waals surface area contributed by atoms with E-state index in [1.54, 1.807) is 12.1 Å². The second kappa shape index (κ2) is 10.2. The molecular formula is C28H22N4O2. The first-order chi connectivity index (χ1) is 16.6. The lowest BCUT2D eigenvalue weighted by Gasteiger charge is -2.04. The Hall–Kier alpha value is -4.84. The number of amides is 2. The van der Waals surface area contributed by atoms with E-state index in [2.05, 4.69) is 33.9 Å². The van der Waals surface area contributed by atoms with Crippen molar-refractivity contribution in [3.8, 4) is 0 Å². The highest BCUT2D eigenvalue weighted by atomic mass is 16.1. The molecule has 0 saturated carbocycles. The van der Waals surface area contributed by atoms with Gasteiger partial charge < -0.3 is 11.5 Å². The van der Waals surface area contributed by atoms with Crippen LogP contribution >= 0.6 is 0 Å². The molecule has 0 aliphatic heterocycles. The first-order valence-corrected chi connectivity index (χ1v) is 10.6. The lowest BCUT2D eigenvalue weighted by molar-refractivity contribution is -0.106. The molecule has 0 aliphatic carbocycles. The molecule has 0 atom stereocenters. The molecule has 0 saturated heterocycles. The number of rotatable bonds is 1. The van der Waals surface area contributed by atoms with Crippen LogP contribution in [0.1, 0.15) is 10.4 Å². The Bertz CT molecular complexity index is 1520. The highest BCUT2D eigenvalue weighted by Gasteiger charge is 2.07. The summed E-state index contributed by atoms with van der Waals surface area (Å²) in [5.41, 5.74) is 13.9. The number of pyridine rings is 2. The van der Waals surface area contributed by atoms with Crippen LogP contribution < -0.4 is 11.5 Å². The van der Waals surface area contributed by atoms with E-state index in [0.29, 0.717) is 5.56 Å². The fourth-order valence-electron chi connectivity index (χ4n) is 3.73. The minimum atomic E-state index is -0.423. The molecule has 0 unspecified atom stereocenters. The Kier molecular flexibility index (Phi) is 6.70. The molecule has 0 aliphatic rings. The summed E-state index contributed by atoms with van der Waals surface area (Å²) in [4.78, 5) is 29.0. The molecule has 0 bridgehead atoms. The fourth-order valence-corrected chi connectivity index (χ4v) is 3.73. The summed E-state index contributed by atoms with van der Waals surface area (Å²) in [7, 11) is 0. The van der Waals surface area contributed by atoms with Crippen molar-refractivity contribution in [1.82, 2.24) is 9.97 Å². The molecule has 6 rings (SSSR count). The first-order valence-electron chi connectivity index (χ1n) is 10.6. The zero-order valence-electron chi connectivity index (χ0n) is 18.3. The summed E-state index contributed by atoms with van der Waals surface area (Å²) in [6.07, 6.45) is 0.250. The standard InChI is InChI=1S/C14H10N2O.C13H9N.CH3NO/c15-14(17)10-5-3-7-13-11(10)8-9-4-1-2-6-12(9)16-13;1-3-7-12-10(5-1)9-11-6-2-4-8-13(11)14-12;2-1-3/h1-8H,(H2,15,17);1-9H;1H,(H2,2,3). The minimum Gasteiger partial charge on any atom is -0.372 e. The van der Waals surface area contributed by atoms with Gasteiger partial charge in [0.05, 0.1) is 22.1 Å². The Morgan fingerprint density at radius 1 is 0.618 bits per heavy atom. The van der Waals surface area contributed by atoms with Crippen LogP contribution in [0.15, 0.2) is 103 Å². The maximum Gasteiger partial charge on any atom is 0.249 e. The number of fused-ring (bicyclic) bond motifs is 4. The molecule has 6 nitrogen and oxygen atoms in total. The molecule has 2 aromatic heterocycles. The zero-order valence-corrected chi connectivity index (χ0v) is 18.3. The third-order valence-corrected chi connectivity index (χ3v) is 5.25. The fraction of sp³-hybridized carbons (Fsp3) is 0. The van der Waals surface area contributed by atoms with Gasteiger partial charge in [0.1, 0.15) is 0 Å². The van der Waals surface area contributed by atoms with E-state index >= 15 is 0 Å². The molecule has 0 fully saturated rings. The first kappa shape index (κ1) is 22.4. The molecule has 4 aromatic carbocycles. The second-order valence-corrected chi connectivity index (χ2v) is 7.43. The van der Waals surface area contributed by atoms with Gasteiger partial charge in [0.25, 0.3) is 0 Å². The quantitative estimate of drug-likeness (QED) is 0.274.